The van der Waals surface area contributed by atoms with Gasteiger partial charge in [-0.3, -0.25) is 0 Å². The van der Waals surface area contributed by atoms with E-state index in [1.54, 1.807) is 0 Å². The first kappa shape index (κ1) is 7.83. The summed E-state index contributed by atoms with van der Waals surface area (Å²) in [4.78, 5) is 3.12. The molecule has 0 spiro atoms. The van der Waals surface area contributed by atoms with Gasteiger partial charge in [0.25, 0.3) is 0 Å². The Morgan fingerprint density at radius 3 is 2.92 bits per heavy atom. The predicted molar refractivity (Wildman–Crippen MR) is 51.9 cm³/mol. The van der Waals surface area contributed by atoms with Crippen LogP contribution in [0.5, 0.6) is 0 Å². The lowest BCUT2D eigenvalue weighted by Crippen LogP contribution is -1.79. The maximum absolute atomic E-state index is 8.88. The second-order valence-electron chi connectivity index (χ2n) is 2.66. The summed E-state index contributed by atoms with van der Waals surface area (Å²) in [5.74, 6) is 0. The molecule has 0 atom stereocenters. The Labute approximate surface area is 78.3 Å². The Kier molecular flexibility index (Phi) is 1.90. The van der Waals surface area contributed by atoms with Gasteiger partial charge in [-0.1, -0.05) is 12.1 Å². The molecular weight excluding hydrogens is 218 g/mol. The van der Waals surface area contributed by atoms with E-state index in [1.807, 2.05) is 24.3 Å². The number of aromatic amines is 1. The van der Waals surface area contributed by atoms with Gasteiger partial charge >= 0.3 is 0 Å². The van der Waals surface area contributed by atoms with Crippen molar-refractivity contribution in [2.24, 2.45) is 0 Å². The minimum absolute atomic E-state index is 0.0567. The van der Waals surface area contributed by atoms with Crippen LogP contribution in [0.25, 0.3) is 10.9 Å². The molecule has 1 aromatic heterocycles. The van der Waals surface area contributed by atoms with Crippen molar-refractivity contribution in [3.63, 3.8) is 0 Å². The Hall–Kier alpha value is -0.800. The third kappa shape index (κ3) is 1.15. The van der Waals surface area contributed by atoms with E-state index >= 15 is 0 Å². The van der Waals surface area contributed by atoms with Crippen LogP contribution in [0.4, 0.5) is 0 Å². The van der Waals surface area contributed by atoms with Crippen molar-refractivity contribution in [1.82, 2.24) is 4.98 Å². The van der Waals surface area contributed by atoms with Crippen LogP contribution in [0.3, 0.4) is 0 Å². The average Bonchev–Trinajstić information content (AvgIpc) is 2.49. The van der Waals surface area contributed by atoms with E-state index in [4.69, 9.17) is 5.11 Å². The first-order valence-electron chi connectivity index (χ1n) is 3.68. The quantitative estimate of drug-likeness (QED) is 0.769. The minimum Gasteiger partial charge on any atom is -0.390 e. The lowest BCUT2D eigenvalue weighted by atomic mass is 10.2. The molecule has 2 aromatic rings. The fraction of sp³-hybridized carbons (Fsp3) is 0.111. The number of hydrogen-bond donors (Lipinski definition) is 2. The number of fused-ring (bicyclic) bond motifs is 1. The number of hydrogen-bond acceptors (Lipinski definition) is 1. The van der Waals surface area contributed by atoms with Gasteiger partial charge in [0.15, 0.2) is 0 Å². The highest BCUT2D eigenvalue weighted by atomic mass is 79.9. The average molecular weight is 226 g/mol. The minimum atomic E-state index is 0.0567. The molecule has 2 N–H and O–H groups in total. The van der Waals surface area contributed by atoms with Gasteiger partial charge in [-0.05, 0) is 28.1 Å². The summed E-state index contributed by atoms with van der Waals surface area (Å²) in [6.45, 7) is 0.0567. The van der Waals surface area contributed by atoms with E-state index < -0.39 is 0 Å². The maximum atomic E-state index is 8.88. The zero-order valence-corrected chi connectivity index (χ0v) is 7.93. The molecule has 0 aliphatic carbocycles. The van der Waals surface area contributed by atoms with Gasteiger partial charge in [-0.2, -0.15) is 0 Å². The molecule has 12 heavy (non-hydrogen) atoms. The Bertz CT molecular complexity index is 408. The van der Waals surface area contributed by atoms with Crippen LogP contribution in [0.15, 0.2) is 28.7 Å². The molecule has 0 amide bonds. The van der Waals surface area contributed by atoms with Crippen molar-refractivity contribution in [1.29, 1.82) is 0 Å². The molecule has 62 valence electrons. The fourth-order valence-electron chi connectivity index (χ4n) is 1.26. The van der Waals surface area contributed by atoms with Gasteiger partial charge in [0.05, 0.1) is 12.1 Å². The number of aliphatic hydroxyl groups is 1. The maximum Gasteiger partial charge on any atom is 0.0831 e. The van der Waals surface area contributed by atoms with Crippen molar-refractivity contribution < 1.29 is 5.11 Å². The van der Waals surface area contributed by atoms with Crippen LogP contribution in [0.2, 0.25) is 0 Å². The van der Waals surface area contributed by atoms with E-state index in [2.05, 4.69) is 20.9 Å². The molecule has 1 heterocycles. The monoisotopic (exact) mass is 225 g/mol. The zero-order valence-electron chi connectivity index (χ0n) is 6.34. The Morgan fingerprint density at radius 2 is 2.25 bits per heavy atom. The van der Waals surface area contributed by atoms with Gasteiger partial charge in [-0.15, -0.1) is 0 Å². The van der Waals surface area contributed by atoms with Gasteiger partial charge in [0.2, 0.25) is 0 Å². The third-order valence-electron chi connectivity index (χ3n) is 1.83. The van der Waals surface area contributed by atoms with Crippen molar-refractivity contribution >= 4 is 26.8 Å². The molecule has 0 aliphatic rings. The SMILES string of the molecule is OCc1cc2cccc(Br)c2[nH]1. The summed E-state index contributed by atoms with van der Waals surface area (Å²) >= 11 is 3.43. The number of halogens is 1. The molecule has 2 nitrogen and oxygen atoms in total. The van der Waals surface area contributed by atoms with Gasteiger partial charge < -0.3 is 10.1 Å². The summed E-state index contributed by atoms with van der Waals surface area (Å²) in [5, 5.41) is 10.0. The van der Waals surface area contributed by atoms with E-state index in [1.165, 1.54) is 0 Å². The van der Waals surface area contributed by atoms with Crippen molar-refractivity contribution in [3.05, 3.63) is 34.4 Å². The van der Waals surface area contributed by atoms with Gasteiger partial charge in [-0.25, -0.2) is 0 Å². The molecule has 2 rings (SSSR count). The van der Waals surface area contributed by atoms with E-state index in [0.717, 1.165) is 21.1 Å². The molecular formula is C9H8BrNO. The summed E-state index contributed by atoms with van der Waals surface area (Å²) in [5.41, 5.74) is 1.89. The third-order valence-corrected chi connectivity index (χ3v) is 2.49. The van der Waals surface area contributed by atoms with Crippen LogP contribution >= 0.6 is 15.9 Å². The van der Waals surface area contributed by atoms with E-state index in [0.29, 0.717) is 0 Å². The second kappa shape index (κ2) is 2.92. The first-order chi connectivity index (χ1) is 5.81. The van der Waals surface area contributed by atoms with Crippen molar-refractivity contribution in [2.75, 3.05) is 0 Å². The summed E-state index contributed by atoms with van der Waals surface area (Å²) < 4.78 is 1.03. The predicted octanol–water partition coefficient (Wildman–Crippen LogP) is 2.42. The van der Waals surface area contributed by atoms with Crippen LogP contribution in [-0.2, 0) is 6.61 Å². The largest absolute Gasteiger partial charge is 0.390 e. The van der Waals surface area contributed by atoms with Crippen LogP contribution in [0, 0.1) is 0 Å². The van der Waals surface area contributed by atoms with Crippen LogP contribution in [-0.4, -0.2) is 10.1 Å². The molecule has 0 saturated heterocycles. The standard InChI is InChI=1S/C9H8BrNO/c10-8-3-1-2-6-4-7(5-12)11-9(6)8/h1-4,11-12H,5H2. The molecule has 0 unspecified atom stereocenters. The molecule has 0 aliphatic heterocycles. The number of para-hydroxylation sites is 1. The Morgan fingerprint density at radius 1 is 1.42 bits per heavy atom. The van der Waals surface area contributed by atoms with E-state index in [-0.39, 0.29) is 6.61 Å². The fourth-order valence-corrected chi connectivity index (χ4v) is 1.74. The van der Waals surface area contributed by atoms with Crippen LogP contribution < -0.4 is 0 Å². The van der Waals surface area contributed by atoms with Gasteiger partial charge in [0.1, 0.15) is 0 Å². The van der Waals surface area contributed by atoms with E-state index in [9.17, 15) is 0 Å². The smallest absolute Gasteiger partial charge is 0.0831 e. The number of nitrogens with one attached hydrogen (secondary N) is 1. The molecule has 0 bridgehead atoms. The normalized spacial score (nSPS) is 10.8. The lowest BCUT2D eigenvalue weighted by molar-refractivity contribution is 0.278. The molecule has 0 fully saturated rings. The molecule has 0 saturated carbocycles. The van der Waals surface area contributed by atoms with Crippen molar-refractivity contribution in [2.45, 2.75) is 6.61 Å². The summed E-state index contributed by atoms with van der Waals surface area (Å²) in [7, 11) is 0. The van der Waals surface area contributed by atoms with Crippen molar-refractivity contribution in [3.8, 4) is 0 Å². The topological polar surface area (TPSA) is 36.0 Å². The zero-order chi connectivity index (χ0) is 8.55. The summed E-state index contributed by atoms with van der Waals surface area (Å²) in [6.07, 6.45) is 0. The highest BCUT2D eigenvalue weighted by Gasteiger charge is 2.01. The lowest BCUT2D eigenvalue weighted by Gasteiger charge is -1.91. The number of benzene rings is 1. The number of rotatable bonds is 1. The highest BCUT2D eigenvalue weighted by molar-refractivity contribution is 9.10. The summed E-state index contributed by atoms with van der Waals surface area (Å²) in [6, 6.07) is 7.90. The number of aromatic nitrogens is 1. The van der Waals surface area contributed by atoms with Gasteiger partial charge in [0, 0.05) is 15.6 Å². The molecule has 1 aromatic carbocycles. The molecule has 3 heteroatoms. The number of aliphatic hydroxyl groups excluding tert-OH is 1. The molecule has 0 radical (unpaired) electrons. The highest BCUT2D eigenvalue weighted by Crippen LogP contribution is 2.23. The number of H-pyrrole nitrogens is 1. The van der Waals surface area contributed by atoms with Crippen LogP contribution in [0.1, 0.15) is 5.69 Å². The first-order valence-corrected chi connectivity index (χ1v) is 4.47. The Balaban J connectivity index is 2.74. The second-order valence-corrected chi connectivity index (χ2v) is 3.51.